The highest BCUT2D eigenvalue weighted by atomic mass is 16.5. The van der Waals surface area contributed by atoms with Crippen LogP contribution in [-0.2, 0) is 11.3 Å². The molecule has 4 nitrogen and oxygen atoms in total. The number of hydrogen-bond donors (Lipinski definition) is 0. The summed E-state index contributed by atoms with van der Waals surface area (Å²) in [6.45, 7) is 3.77. The molecule has 0 N–H and O–H groups in total. The molecule has 2 aromatic heterocycles. The Hall–Kier alpha value is -3.16. The van der Waals surface area contributed by atoms with Gasteiger partial charge in [-0.3, -0.25) is 4.98 Å². The Morgan fingerprint density at radius 1 is 1.00 bits per heavy atom. The van der Waals surface area contributed by atoms with E-state index in [1.54, 1.807) is 0 Å². The number of aryl methyl sites for hydroxylation is 1. The molecule has 2 heterocycles. The molecular weight excluding hydrogens is 322 g/mol. The van der Waals surface area contributed by atoms with Crippen LogP contribution in [-0.4, -0.2) is 27.7 Å². The molecule has 0 bridgehead atoms. The Kier molecular flexibility index (Phi) is 4.63. The summed E-state index contributed by atoms with van der Waals surface area (Å²) in [5.74, 6) is 7.13. The van der Waals surface area contributed by atoms with Gasteiger partial charge in [0.15, 0.2) is 0 Å². The standard InChI is InChI=1S/C22H19N3O/c1-17-24-21-16-23-20-12-6-5-11-19(20)22(21)25(17)13-15-26-14-7-10-18-8-3-2-4-9-18/h2-6,8-9,11-12,16H,13-15H2,1H3. The van der Waals surface area contributed by atoms with E-state index in [0.717, 1.165) is 39.9 Å². The average Bonchev–Trinajstić information content (AvgIpc) is 3.01. The van der Waals surface area contributed by atoms with Gasteiger partial charge in [-0.15, -0.1) is 0 Å². The fraction of sp³-hybridized carbons (Fsp3) is 0.182. The van der Waals surface area contributed by atoms with Crippen LogP contribution in [0, 0.1) is 18.8 Å². The fourth-order valence-corrected chi connectivity index (χ4v) is 3.09. The van der Waals surface area contributed by atoms with Gasteiger partial charge in [0.1, 0.15) is 17.9 Å². The van der Waals surface area contributed by atoms with Crippen molar-refractivity contribution in [1.82, 2.24) is 14.5 Å². The van der Waals surface area contributed by atoms with Crippen LogP contribution >= 0.6 is 0 Å². The van der Waals surface area contributed by atoms with Gasteiger partial charge < -0.3 is 9.30 Å². The molecule has 0 saturated carbocycles. The number of para-hydroxylation sites is 1. The number of nitrogens with zero attached hydrogens (tertiary/aromatic N) is 3. The van der Waals surface area contributed by atoms with Crippen molar-refractivity contribution in [2.24, 2.45) is 0 Å². The minimum Gasteiger partial charge on any atom is -0.367 e. The molecule has 4 aromatic rings. The second-order valence-electron chi connectivity index (χ2n) is 6.04. The summed E-state index contributed by atoms with van der Waals surface area (Å²) in [6.07, 6.45) is 1.84. The van der Waals surface area contributed by atoms with E-state index in [4.69, 9.17) is 4.74 Å². The van der Waals surface area contributed by atoms with E-state index in [1.165, 1.54) is 0 Å². The molecular formula is C22H19N3O. The van der Waals surface area contributed by atoms with E-state index in [2.05, 4.69) is 32.4 Å². The summed E-state index contributed by atoms with van der Waals surface area (Å²) in [6, 6.07) is 18.1. The Labute approximate surface area is 152 Å². The van der Waals surface area contributed by atoms with Gasteiger partial charge in [-0.25, -0.2) is 4.98 Å². The zero-order valence-corrected chi connectivity index (χ0v) is 14.6. The second kappa shape index (κ2) is 7.38. The summed E-state index contributed by atoms with van der Waals surface area (Å²) >= 11 is 0. The second-order valence-corrected chi connectivity index (χ2v) is 6.04. The van der Waals surface area contributed by atoms with E-state index in [0.29, 0.717) is 13.2 Å². The van der Waals surface area contributed by atoms with E-state index in [1.807, 2.05) is 61.7 Å². The predicted octanol–water partition coefficient (Wildman–Crippen LogP) is 3.96. The lowest BCUT2D eigenvalue weighted by molar-refractivity contribution is 0.158. The molecule has 0 amide bonds. The lowest BCUT2D eigenvalue weighted by Crippen LogP contribution is -2.08. The smallest absolute Gasteiger partial charge is 0.108 e. The first-order chi connectivity index (χ1) is 12.8. The van der Waals surface area contributed by atoms with Crippen LogP contribution in [0.25, 0.3) is 21.9 Å². The highest BCUT2D eigenvalue weighted by Crippen LogP contribution is 2.24. The molecule has 0 aliphatic heterocycles. The Bertz CT molecular complexity index is 1100. The molecule has 0 radical (unpaired) electrons. The van der Waals surface area contributed by atoms with Gasteiger partial charge in [-0.1, -0.05) is 48.2 Å². The number of benzene rings is 2. The number of fused-ring (bicyclic) bond motifs is 3. The first-order valence-corrected chi connectivity index (χ1v) is 8.65. The highest BCUT2D eigenvalue weighted by molar-refractivity contribution is 6.02. The van der Waals surface area contributed by atoms with Crippen LogP contribution < -0.4 is 0 Å². The maximum Gasteiger partial charge on any atom is 0.108 e. The molecule has 0 spiro atoms. The van der Waals surface area contributed by atoms with Crippen LogP contribution in [0.15, 0.2) is 60.8 Å². The maximum absolute atomic E-state index is 5.71. The summed E-state index contributed by atoms with van der Waals surface area (Å²) in [7, 11) is 0. The quantitative estimate of drug-likeness (QED) is 0.417. The molecule has 0 unspecified atom stereocenters. The molecule has 0 aliphatic carbocycles. The summed E-state index contributed by atoms with van der Waals surface area (Å²) in [4.78, 5) is 9.12. The molecule has 26 heavy (non-hydrogen) atoms. The van der Waals surface area contributed by atoms with Crippen LogP contribution in [0.1, 0.15) is 11.4 Å². The average molecular weight is 341 g/mol. The topological polar surface area (TPSA) is 39.9 Å². The molecule has 4 heteroatoms. The molecule has 2 aromatic carbocycles. The number of pyridine rings is 1. The monoisotopic (exact) mass is 341 g/mol. The molecule has 4 rings (SSSR count). The van der Waals surface area contributed by atoms with Gasteiger partial charge in [0.25, 0.3) is 0 Å². The van der Waals surface area contributed by atoms with Gasteiger partial charge in [0.2, 0.25) is 0 Å². The third-order valence-corrected chi connectivity index (χ3v) is 4.31. The van der Waals surface area contributed by atoms with Crippen molar-refractivity contribution < 1.29 is 4.74 Å². The van der Waals surface area contributed by atoms with Crippen LogP contribution in [0.2, 0.25) is 0 Å². The highest BCUT2D eigenvalue weighted by Gasteiger charge is 2.11. The Balaban J connectivity index is 1.47. The lowest BCUT2D eigenvalue weighted by atomic mass is 10.2. The largest absolute Gasteiger partial charge is 0.367 e. The maximum atomic E-state index is 5.71. The third-order valence-electron chi connectivity index (χ3n) is 4.31. The summed E-state index contributed by atoms with van der Waals surface area (Å²) < 4.78 is 7.91. The zero-order chi connectivity index (χ0) is 17.8. The Morgan fingerprint density at radius 2 is 1.81 bits per heavy atom. The third kappa shape index (κ3) is 3.30. The van der Waals surface area contributed by atoms with E-state index in [9.17, 15) is 0 Å². The van der Waals surface area contributed by atoms with Gasteiger partial charge in [-0.2, -0.15) is 0 Å². The minimum atomic E-state index is 0.420. The SMILES string of the molecule is Cc1nc2cnc3ccccc3c2n1CCOCC#Cc1ccccc1. The lowest BCUT2D eigenvalue weighted by Gasteiger charge is -2.08. The fourth-order valence-electron chi connectivity index (χ4n) is 3.09. The van der Waals surface area contributed by atoms with Gasteiger partial charge in [0.05, 0.1) is 23.8 Å². The van der Waals surface area contributed by atoms with Crippen molar-refractivity contribution in [3.8, 4) is 11.8 Å². The summed E-state index contributed by atoms with van der Waals surface area (Å²) in [5, 5.41) is 1.12. The number of aromatic nitrogens is 3. The van der Waals surface area contributed by atoms with Crippen molar-refractivity contribution in [1.29, 1.82) is 0 Å². The van der Waals surface area contributed by atoms with Crippen LogP contribution in [0.3, 0.4) is 0 Å². The van der Waals surface area contributed by atoms with Gasteiger partial charge >= 0.3 is 0 Å². The van der Waals surface area contributed by atoms with Crippen molar-refractivity contribution in [2.75, 3.05) is 13.2 Å². The molecule has 0 atom stereocenters. The normalized spacial score (nSPS) is 10.8. The summed E-state index contributed by atoms with van der Waals surface area (Å²) in [5.41, 5.74) is 4.03. The first-order valence-electron chi connectivity index (χ1n) is 8.65. The van der Waals surface area contributed by atoms with Gasteiger partial charge in [-0.05, 0) is 25.1 Å². The minimum absolute atomic E-state index is 0.420. The molecule has 0 saturated heterocycles. The van der Waals surface area contributed by atoms with Crippen LogP contribution in [0.4, 0.5) is 0 Å². The molecule has 0 fully saturated rings. The number of rotatable bonds is 4. The Morgan fingerprint density at radius 3 is 2.69 bits per heavy atom. The van der Waals surface area contributed by atoms with Crippen molar-refractivity contribution in [3.05, 3.63) is 72.2 Å². The van der Waals surface area contributed by atoms with Crippen molar-refractivity contribution in [2.45, 2.75) is 13.5 Å². The van der Waals surface area contributed by atoms with E-state index < -0.39 is 0 Å². The number of imidazole rings is 1. The van der Waals surface area contributed by atoms with Gasteiger partial charge in [0, 0.05) is 17.5 Å². The number of hydrogen-bond acceptors (Lipinski definition) is 3. The van der Waals surface area contributed by atoms with E-state index >= 15 is 0 Å². The van der Waals surface area contributed by atoms with Crippen LogP contribution in [0.5, 0.6) is 0 Å². The molecule has 128 valence electrons. The van der Waals surface area contributed by atoms with E-state index in [-0.39, 0.29) is 0 Å². The number of ether oxygens (including phenoxy) is 1. The predicted molar refractivity (Wildman–Crippen MR) is 104 cm³/mol. The van der Waals surface area contributed by atoms with Crippen molar-refractivity contribution >= 4 is 21.9 Å². The first kappa shape index (κ1) is 16.3. The molecule has 0 aliphatic rings. The zero-order valence-electron chi connectivity index (χ0n) is 14.6. The van der Waals surface area contributed by atoms with Crippen molar-refractivity contribution in [3.63, 3.8) is 0 Å².